The fourth-order valence-electron chi connectivity index (χ4n) is 1.41. The quantitative estimate of drug-likeness (QED) is 0.748. The molecule has 1 heterocycles. The Labute approximate surface area is 85.1 Å². The van der Waals surface area contributed by atoms with E-state index in [-0.39, 0.29) is 22.3 Å². The highest BCUT2D eigenvalue weighted by molar-refractivity contribution is 5.93. The Balaban J connectivity index is 2.93. The van der Waals surface area contributed by atoms with Gasteiger partial charge in [0.2, 0.25) is 0 Å². The zero-order valence-corrected chi connectivity index (χ0v) is 7.99. The van der Waals surface area contributed by atoms with Crippen LogP contribution in [0, 0.1) is 5.82 Å². The van der Waals surface area contributed by atoms with Crippen LogP contribution in [0.5, 0.6) is 11.5 Å². The zero-order chi connectivity index (χ0) is 11.0. The van der Waals surface area contributed by atoms with Gasteiger partial charge in [-0.15, -0.1) is 0 Å². The van der Waals surface area contributed by atoms with Crippen LogP contribution in [0.3, 0.4) is 0 Å². The molecule has 2 rings (SSSR count). The molecule has 0 aliphatic carbocycles. The molecule has 0 saturated carbocycles. The van der Waals surface area contributed by atoms with E-state index >= 15 is 0 Å². The number of benzene rings is 1. The van der Waals surface area contributed by atoms with Crippen molar-refractivity contribution in [2.45, 2.75) is 0 Å². The van der Waals surface area contributed by atoms with Crippen molar-refractivity contribution in [3.63, 3.8) is 0 Å². The molecule has 1 aromatic carbocycles. The third kappa shape index (κ3) is 1.32. The van der Waals surface area contributed by atoms with E-state index in [1.54, 1.807) is 0 Å². The zero-order valence-electron chi connectivity index (χ0n) is 7.99. The Bertz CT molecular complexity index is 528. The lowest BCUT2D eigenvalue weighted by atomic mass is 10.1. The van der Waals surface area contributed by atoms with Gasteiger partial charge in [0.25, 0.3) is 0 Å². The van der Waals surface area contributed by atoms with Gasteiger partial charge in [0, 0.05) is 0 Å². The highest BCUT2D eigenvalue weighted by Crippen LogP contribution is 2.35. The lowest BCUT2D eigenvalue weighted by Gasteiger charge is -2.07. The molecule has 0 aliphatic rings. The molecule has 0 bridgehead atoms. The highest BCUT2D eigenvalue weighted by Gasteiger charge is 2.13. The van der Waals surface area contributed by atoms with Gasteiger partial charge in [0.1, 0.15) is 17.1 Å². The molecule has 0 amide bonds. The first-order valence-corrected chi connectivity index (χ1v) is 4.24. The number of hydrogen-bond acceptors (Lipinski definition) is 4. The number of ether oxygens (including phenoxy) is 1. The maximum absolute atomic E-state index is 13.4. The van der Waals surface area contributed by atoms with Crippen molar-refractivity contribution >= 4 is 16.6 Å². The number of anilines is 1. The SMILES string of the molecule is COc1ccc(F)c2c(O)c(N)cnc12. The van der Waals surface area contributed by atoms with Crippen molar-refractivity contribution in [1.29, 1.82) is 0 Å². The van der Waals surface area contributed by atoms with Crippen molar-refractivity contribution in [3.8, 4) is 11.5 Å². The lowest BCUT2D eigenvalue weighted by molar-refractivity contribution is 0.417. The molecule has 4 nitrogen and oxygen atoms in total. The fourth-order valence-corrected chi connectivity index (χ4v) is 1.41. The van der Waals surface area contributed by atoms with Crippen LogP contribution in [0.2, 0.25) is 0 Å². The molecule has 15 heavy (non-hydrogen) atoms. The second kappa shape index (κ2) is 3.27. The van der Waals surface area contributed by atoms with Crippen LogP contribution in [-0.4, -0.2) is 17.2 Å². The number of nitrogens with two attached hydrogens (primary N) is 1. The van der Waals surface area contributed by atoms with E-state index in [0.29, 0.717) is 5.75 Å². The molecule has 0 radical (unpaired) electrons. The highest BCUT2D eigenvalue weighted by atomic mass is 19.1. The van der Waals surface area contributed by atoms with Crippen molar-refractivity contribution in [2.75, 3.05) is 12.8 Å². The third-order valence-corrected chi connectivity index (χ3v) is 2.15. The lowest BCUT2D eigenvalue weighted by Crippen LogP contribution is -1.94. The normalized spacial score (nSPS) is 10.5. The van der Waals surface area contributed by atoms with E-state index in [0.717, 1.165) is 0 Å². The minimum Gasteiger partial charge on any atom is -0.505 e. The average molecular weight is 208 g/mol. The largest absolute Gasteiger partial charge is 0.505 e. The van der Waals surface area contributed by atoms with Crippen LogP contribution in [0.25, 0.3) is 10.9 Å². The number of aromatic hydroxyl groups is 1. The minimum absolute atomic E-state index is 0.0191. The van der Waals surface area contributed by atoms with Crippen LogP contribution >= 0.6 is 0 Å². The molecule has 0 fully saturated rings. The van der Waals surface area contributed by atoms with Gasteiger partial charge in [-0.1, -0.05) is 0 Å². The molecule has 0 spiro atoms. The summed E-state index contributed by atoms with van der Waals surface area (Å²) in [5.74, 6) is -0.499. The number of fused-ring (bicyclic) bond motifs is 1. The van der Waals surface area contributed by atoms with Gasteiger partial charge in [-0.05, 0) is 12.1 Å². The monoisotopic (exact) mass is 208 g/mol. The minimum atomic E-state index is -0.580. The Morgan fingerprint density at radius 1 is 1.47 bits per heavy atom. The van der Waals surface area contributed by atoms with Gasteiger partial charge in [0.15, 0.2) is 5.75 Å². The van der Waals surface area contributed by atoms with E-state index in [4.69, 9.17) is 10.5 Å². The predicted molar refractivity (Wildman–Crippen MR) is 54.3 cm³/mol. The Hall–Kier alpha value is -2.04. The number of methoxy groups -OCH3 is 1. The molecule has 5 heteroatoms. The number of aromatic nitrogens is 1. The molecular weight excluding hydrogens is 199 g/mol. The smallest absolute Gasteiger partial charge is 0.152 e. The molecular formula is C10H9FN2O2. The first-order valence-electron chi connectivity index (χ1n) is 4.24. The summed E-state index contributed by atoms with van der Waals surface area (Å²) < 4.78 is 18.4. The molecule has 1 aromatic heterocycles. The maximum atomic E-state index is 13.4. The van der Waals surface area contributed by atoms with Gasteiger partial charge >= 0.3 is 0 Å². The van der Waals surface area contributed by atoms with E-state index in [1.807, 2.05) is 0 Å². The Morgan fingerprint density at radius 3 is 2.87 bits per heavy atom. The standard InChI is InChI=1S/C10H9FN2O2/c1-15-7-3-2-5(11)8-9(7)13-4-6(12)10(8)14/h2-4H,12H2,1H3,(H,13,14). The Kier molecular flexibility index (Phi) is 2.07. The van der Waals surface area contributed by atoms with Crippen LogP contribution in [0.1, 0.15) is 0 Å². The van der Waals surface area contributed by atoms with Crippen LogP contribution < -0.4 is 10.5 Å². The maximum Gasteiger partial charge on any atom is 0.152 e. The molecule has 2 aromatic rings. The molecule has 0 atom stereocenters. The van der Waals surface area contributed by atoms with Gasteiger partial charge in [-0.25, -0.2) is 9.37 Å². The summed E-state index contributed by atoms with van der Waals surface area (Å²) in [6, 6.07) is 2.64. The number of nitrogens with zero attached hydrogens (tertiary/aromatic N) is 1. The Morgan fingerprint density at radius 2 is 2.20 bits per heavy atom. The summed E-state index contributed by atoms with van der Waals surface area (Å²) in [6.45, 7) is 0. The van der Waals surface area contributed by atoms with Crippen molar-refractivity contribution in [1.82, 2.24) is 4.98 Å². The molecule has 78 valence electrons. The van der Waals surface area contributed by atoms with E-state index < -0.39 is 5.82 Å². The summed E-state index contributed by atoms with van der Waals surface area (Å²) in [4.78, 5) is 3.92. The summed E-state index contributed by atoms with van der Waals surface area (Å²) >= 11 is 0. The van der Waals surface area contributed by atoms with Gasteiger partial charge in [-0.2, -0.15) is 0 Å². The van der Waals surface area contributed by atoms with E-state index in [1.165, 1.54) is 25.4 Å². The molecule has 3 N–H and O–H groups in total. The predicted octanol–water partition coefficient (Wildman–Crippen LogP) is 1.67. The van der Waals surface area contributed by atoms with Crippen LogP contribution in [0.15, 0.2) is 18.3 Å². The number of rotatable bonds is 1. The number of halogens is 1. The molecule has 0 saturated heterocycles. The summed E-state index contributed by atoms with van der Waals surface area (Å²) in [5, 5.41) is 9.58. The van der Waals surface area contributed by atoms with E-state index in [9.17, 15) is 9.50 Å². The summed E-state index contributed by atoms with van der Waals surface area (Å²) in [7, 11) is 1.45. The van der Waals surface area contributed by atoms with Crippen LogP contribution in [0.4, 0.5) is 10.1 Å². The third-order valence-electron chi connectivity index (χ3n) is 2.15. The van der Waals surface area contributed by atoms with Crippen molar-refractivity contribution in [2.24, 2.45) is 0 Å². The summed E-state index contributed by atoms with van der Waals surface area (Å²) in [5.41, 5.74) is 5.72. The van der Waals surface area contributed by atoms with Gasteiger partial charge in [0.05, 0.1) is 24.4 Å². The van der Waals surface area contributed by atoms with Gasteiger partial charge < -0.3 is 15.6 Å². The second-order valence-corrected chi connectivity index (χ2v) is 3.04. The number of pyridine rings is 1. The van der Waals surface area contributed by atoms with Crippen molar-refractivity contribution in [3.05, 3.63) is 24.1 Å². The first kappa shape index (κ1) is 9.51. The number of hydrogen-bond donors (Lipinski definition) is 2. The van der Waals surface area contributed by atoms with Crippen LogP contribution in [-0.2, 0) is 0 Å². The number of nitrogen functional groups attached to an aromatic ring is 1. The second-order valence-electron chi connectivity index (χ2n) is 3.04. The molecule has 0 aliphatic heterocycles. The van der Waals surface area contributed by atoms with Crippen molar-refractivity contribution < 1.29 is 14.2 Å². The van der Waals surface area contributed by atoms with E-state index in [2.05, 4.69) is 4.98 Å². The van der Waals surface area contributed by atoms with Gasteiger partial charge in [-0.3, -0.25) is 0 Å². The fraction of sp³-hybridized carbons (Fsp3) is 0.100. The first-order chi connectivity index (χ1) is 7.15. The molecule has 0 unspecified atom stereocenters. The summed E-state index contributed by atoms with van der Waals surface area (Å²) in [6.07, 6.45) is 1.26. The average Bonchev–Trinajstić information content (AvgIpc) is 2.24. The topological polar surface area (TPSA) is 68.4 Å².